The van der Waals surface area contributed by atoms with E-state index in [0.717, 1.165) is 51.7 Å². The SMILES string of the molecule is O=C(O)C1CCCN(C(=O)C2CCCN(C(=O)N3CCCC3)C2)C1. The fourth-order valence-electron chi connectivity index (χ4n) is 4.10. The Balaban J connectivity index is 1.58. The van der Waals surface area contributed by atoms with E-state index >= 15 is 0 Å². The number of hydrogen-bond donors (Lipinski definition) is 1. The van der Waals surface area contributed by atoms with Gasteiger partial charge >= 0.3 is 12.0 Å². The van der Waals surface area contributed by atoms with Crippen molar-refractivity contribution in [2.24, 2.45) is 11.8 Å². The molecule has 3 aliphatic heterocycles. The highest BCUT2D eigenvalue weighted by atomic mass is 16.4. The number of likely N-dealkylation sites (tertiary alicyclic amines) is 3. The molecular weight excluding hydrogens is 310 g/mol. The molecule has 24 heavy (non-hydrogen) atoms. The van der Waals surface area contributed by atoms with Gasteiger partial charge in [-0.05, 0) is 38.5 Å². The zero-order valence-electron chi connectivity index (χ0n) is 14.2. The number of carbonyl (C=O) groups excluding carboxylic acids is 2. The van der Waals surface area contributed by atoms with Crippen LogP contribution in [-0.4, -0.2) is 77.0 Å². The van der Waals surface area contributed by atoms with Crippen LogP contribution in [-0.2, 0) is 9.59 Å². The van der Waals surface area contributed by atoms with Crippen LogP contribution in [0.2, 0.25) is 0 Å². The van der Waals surface area contributed by atoms with Crippen molar-refractivity contribution < 1.29 is 19.5 Å². The number of rotatable bonds is 2. The highest BCUT2D eigenvalue weighted by molar-refractivity contribution is 5.82. The molecule has 7 heteroatoms. The highest BCUT2D eigenvalue weighted by Crippen LogP contribution is 2.24. The second-order valence-electron chi connectivity index (χ2n) is 7.22. The first kappa shape index (κ1) is 17.0. The van der Waals surface area contributed by atoms with E-state index in [1.54, 1.807) is 4.90 Å². The Bertz CT molecular complexity index is 504. The number of amides is 3. The van der Waals surface area contributed by atoms with Crippen LogP contribution in [0.15, 0.2) is 0 Å². The molecule has 7 nitrogen and oxygen atoms in total. The van der Waals surface area contributed by atoms with E-state index in [1.807, 2.05) is 9.80 Å². The summed E-state index contributed by atoms with van der Waals surface area (Å²) in [5, 5.41) is 9.19. The van der Waals surface area contributed by atoms with Gasteiger partial charge < -0.3 is 19.8 Å². The molecule has 0 aromatic rings. The number of piperidine rings is 2. The van der Waals surface area contributed by atoms with E-state index < -0.39 is 11.9 Å². The molecule has 2 atom stereocenters. The fourth-order valence-corrected chi connectivity index (χ4v) is 4.10. The summed E-state index contributed by atoms with van der Waals surface area (Å²) in [5.74, 6) is -1.42. The van der Waals surface area contributed by atoms with Crippen LogP contribution >= 0.6 is 0 Å². The van der Waals surface area contributed by atoms with Crippen molar-refractivity contribution in [2.75, 3.05) is 39.3 Å². The maximum Gasteiger partial charge on any atom is 0.320 e. The lowest BCUT2D eigenvalue weighted by Gasteiger charge is -2.38. The van der Waals surface area contributed by atoms with Crippen LogP contribution < -0.4 is 0 Å². The largest absolute Gasteiger partial charge is 0.481 e. The summed E-state index contributed by atoms with van der Waals surface area (Å²) in [6.45, 7) is 3.78. The lowest BCUT2D eigenvalue weighted by molar-refractivity contribution is -0.147. The van der Waals surface area contributed by atoms with Crippen molar-refractivity contribution in [2.45, 2.75) is 38.5 Å². The fraction of sp³-hybridized carbons (Fsp3) is 0.824. The number of carboxylic acid groups (broad SMARTS) is 1. The van der Waals surface area contributed by atoms with Crippen molar-refractivity contribution in [3.05, 3.63) is 0 Å². The second kappa shape index (κ2) is 7.40. The summed E-state index contributed by atoms with van der Waals surface area (Å²) in [4.78, 5) is 41.9. The lowest BCUT2D eigenvalue weighted by atomic mass is 9.93. The quantitative estimate of drug-likeness (QED) is 0.822. The molecule has 0 radical (unpaired) electrons. The Kier molecular flexibility index (Phi) is 5.26. The topological polar surface area (TPSA) is 81.2 Å². The summed E-state index contributed by atoms with van der Waals surface area (Å²) < 4.78 is 0. The van der Waals surface area contributed by atoms with Gasteiger partial charge in [-0.1, -0.05) is 0 Å². The molecule has 3 rings (SSSR count). The summed E-state index contributed by atoms with van der Waals surface area (Å²) in [7, 11) is 0. The number of hydrogen-bond acceptors (Lipinski definition) is 3. The monoisotopic (exact) mass is 337 g/mol. The van der Waals surface area contributed by atoms with Crippen LogP contribution in [0.3, 0.4) is 0 Å². The highest BCUT2D eigenvalue weighted by Gasteiger charge is 2.36. The van der Waals surface area contributed by atoms with E-state index in [9.17, 15) is 19.5 Å². The van der Waals surface area contributed by atoms with Gasteiger partial charge in [0.25, 0.3) is 0 Å². The molecule has 0 aromatic carbocycles. The minimum atomic E-state index is -0.818. The third-order valence-corrected chi connectivity index (χ3v) is 5.50. The van der Waals surface area contributed by atoms with Crippen molar-refractivity contribution in [3.8, 4) is 0 Å². The van der Waals surface area contributed by atoms with Gasteiger partial charge in [0.15, 0.2) is 0 Å². The van der Waals surface area contributed by atoms with Gasteiger partial charge in [0.1, 0.15) is 0 Å². The molecule has 0 aliphatic carbocycles. The number of aliphatic carboxylic acids is 1. The van der Waals surface area contributed by atoms with Crippen molar-refractivity contribution in [1.29, 1.82) is 0 Å². The Morgan fingerprint density at radius 3 is 1.92 bits per heavy atom. The molecule has 0 aromatic heterocycles. The van der Waals surface area contributed by atoms with Gasteiger partial charge in [0.2, 0.25) is 5.91 Å². The molecule has 134 valence electrons. The predicted molar refractivity (Wildman–Crippen MR) is 87.4 cm³/mol. The number of urea groups is 1. The predicted octanol–water partition coefficient (Wildman–Crippen LogP) is 1.24. The van der Waals surface area contributed by atoms with Gasteiger partial charge in [0, 0.05) is 39.3 Å². The summed E-state index contributed by atoms with van der Waals surface area (Å²) in [5.41, 5.74) is 0. The van der Waals surface area contributed by atoms with Crippen LogP contribution in [0.1, 0.15) is 38.5 Å². The molecule has 0 saturated carbocycles. The standard InChI is InChI=1S/C17H27N3O4/c21-15(19-9-4-6-14(12-19)16(22)23)13-5-3-10-20(11-13)17(24)18-7-1-2-8-18/h13-14H,1-12H2,(H,22,23). The number of nitrogens with zero attached hydrogens (tertiary/aromatic N) is 3. The van der Waals surface area contributed by atoms with Gasteiger partial charge in [-0.3, -0.25) is 9.59 Å². The minimum Gasteiger partial charge on any atom is -0.481 e. The maximum atomic E-state index is 12.8. The Labute approximate surface area is 142 Å². The van der Waals surface area contributed by atoms with Crippen molar-refractivity contribution >= 4 is 17.9 Å². The molecule has 3 fully saturated rings. The minimum absolute atomic E-state index is 0.0277. The van der Waals surface area contributed by atoms with Gasteiger partial charge in [-0.25, -0.2) is 4.79 Å². The molecule has 1 N–H and O–H groups in total. The van der Waals surface area contributed by atoms with Gasteiger partial charge in [0.05, 0.1) is 11.8 Å². The van der Waals surface area contributed by atoms with Crippen molar-refractivity contribution in [3.63, 3.8) is 0 Å². The number of carboxylic acids is 1. The van der Waals surface area contributed by atoms with Crippen LogP contribution in [0.5, 0.6) is 0 Å². The van der Waals surface area contributed by atoms with Crippen LogP contribution in [0.4, 0.5) is 4.79 Å². The average molecular weight is 337 g/mol. The Morgan fingerprint density at radius 1 is 0.708 bits per heavy atom. The molecule has 0 spiro atoms. The Hall–Kier alpha value is -1.79. The van der Waals surface area contributed by atoms with Crippen LogP contribution in [0, 0.1) is 11.8 Å². The molecule has 3 heterocycles. The average Bonchev–Trinajstić information content (AvgIpc) is 3.15. The first-order chi connectivity index (χ1) is 11.6. The summed E-state index contributed by atoms with van der Waals surface area (Å²) >= 11 is 0. The van der Waals surface area contributed by atoms with Crippen LogP contribution in [0.25, 0.3) is 0 Å². The second-order valence-corrected chi connectivity index (χ2v) is 7.22. The Morgan fingerprint density at radius 2 is 1.25 bits per heavy atom. The molecular formula is C17H27N3O4. The summed E-state index contributed by atoms with van der Waals surface area (Å²) in [6, 6.07) is 0.0621. The molecule has 3 aliphatic rings. The van der Waals surface area contributed by atoms with Gasteiger partial charge in [-0.15, -0.1) is 0 Å². The number of carbonyl (C=O) groups is 3. The molecule has 3 amide bonds. The van der Waals surface area contributed by atoms with E-state index in [1.165, 1.54) is 0 Å². The molecule has 0 bridgehead atoms. The third kappa shape index (κ3) is 3.65. The molecule has 3 saturated heterocycles. The first-order valence-electron chi connectivity index (χ1n) is 9.11. The smallest absolute Gasteiger partial charge is 0.320 e. The maximum absolute atomic E-state index is 12.8. The molecule has 2 unspecified atom stereocenters. The zero-order valence-corrected chi connectivity index (χ0v) is 14.2. The normalized spacial score (nSPS) is 28.1. The summed E-state index contributed by atoms with van der Waals surface area (Å²) in [6.07, 6.45) is 5.14. The van der Waals surface area contributed by atoms with Crippen molar-refractivity contribution in [1.82, 2.24) is 14.7 Å². The van der Waals surface area contributed by atoms with E-state index in [4.69, 9.17) is 0 Å². The van der Waals surface area contributed by atoms with E-state index in [0.29, 0.717) is 26.1 Å². The van der Waals surface area contributed by atoms with E-state index in [2.05, 4.69) is 0 Å². The first-order valence-corrected chi connectivity index (χ1v) is 9.11. The third-order valence-electron chi connectivity index (χ3n) is 5.50. The zero-order chi connectivity index (χ0) is 17.1. The lowest BCUT2D eigenvalue weighted by Crippen LogP contribution is -2.52. The van der Waals surface area contributed by atoms with E-state index in [-0.39, 0.29) is 17.9 Å². The van der Waals surface area contributed by atoms with Gasteiger partial charge in [-0.2, -0.15) is 0 Å².